The molecule has 62 heavy (non-hydrogen) atoms. The van der Waals surface area contributed by atoms with Crippen LogP contribution in [0.25, 0.3) is 0 Å². The van der Waals surface area contributed by atoms with E-state index in [4.69, 9.17) is 14.2 Å². The minimum atomic E-state index is -0.541. The van der Waals surface area contributed by atoms with E-state index in [9.17, 15) is 9.59 Å². The zero-order chi connectivity index (χ0) is 44.9. The highest BCUT2D eigenvalue weighted by Crippen LogP contribution is 2.16. The van der Waals surface area contributed by atoms with Crippen LogP contribution in [0, 0.1) is 0 Å². The first-order chi connectivity index (χ1) is 30.6. The van der Waals surface area contributed by atoms with Crippen molar-refractivity contribution in [2.75, 3.05) is 19.8 Å². The number of allylic oxidation sites excluding steroid dienone is 6. The Bertz CT molecular complexity index is 986. The van der Waals surface area contributed by atoms with Crippen LogP contribution in [-0.2, 0) is 23.8 Å². The smallest absolute Gasteiger partial charge is 0.306 e. The molecule has 0 bridgehead atoms. The third kappa shape index (κ3) is 50.8. The molecule has 0 aromatic heterocycles. The maximum atomic E-state index is 12.8. The third-order valence-electron chi connectivity index (χ3n) is 12.1. The largest absolute Gasteiger partial charge is 0.462 e. The van der Waals surface area contributed by atoms with Crippen molar-refractivity contribution in [1.82, 2.24) is 0 Å². The van der Waals surface area contributed by atoms with Crippen molar-refractivity contribution in [2.45, 2.75) is 297 Å². The molecule has 0 saturated carbocycles. The zero-order valence-corrected chi connectivity index (χ0v) is 41.9. The van der Waals surface area contributed by atoms with Crippen LogP contribution in [0.1, 0.15) is 290 Å². The van der Waals surface area contributed by atoms with Crippen LogP contribution >= 0.6 is 0 Å². The van der Waals surface area contributed by atoms with Gasteiger partial charge in [0.25, 0.3) is 0 Å². The number of carbonyl (C=O) groups is 2. The first-order valence-electron chi connectivity index (χ1n) is 27.5. The highest BCUT2D eigenvalue weighted by atomic mass is 16.6. The van der Waals surface area contributed by atoms with Crippen LogP contribution in [0.4, 0.5) is 0 Å². The lowest BCUT2D eigenvalue weighted by Gasteiger charge is -2.18. The van der Waals surface area contributed by atoms with E-state index >= 15 is 0 Å². The standard InChI is InChI=1S/C57H106O5/c1-4-7-10-13-16-19-22-25-27-28-29-30-31-33-35-38-41-44-47-50-56(58)61-54-55(53-60-52-49-46-43-40-37-34-26-23-20-17-14-11-8-5-2)62-57(59)51-48-45-42-39-36-32-24-21-18-15-12-9-6-3/h11,14,20-21,23-24,55H,4-10,12-13,15-19,22,25-54H2,1-3H3/b14-11-,23-20-,24-21-. The SMILES string of the molecule is CCC/C=C\C/C=C\CCCCCCCCOCC(COC(=O)CCCCCCCCCCCCCCCCCCCCC)OC(=O)CCCCCCC/C=C\CCCCCC. The highest BCUT2D eigenvalue weighted by Gasteiger charge is 2.17. The lowest BCUT2D eigenvalue weighted by atomic mass is 10.0. The van der Waals surface area contributed by atoms with Gasteiger partial charge in [-0.2, -0.15) is 0 Å². The second kappa shape index (κ2) is 53.5. The van der Waals surface area contributed by atoms with Gasteiger partial charge in [0.1, 0.15) is 6.61 Å². The molecule has 0 rings (SSSR count). The molecule has 0 aromatic rings. The van der Waals surface area contributed by atoms with Crippen LogP contribution in [0.15, 0.2) is 36.5 Å². The normalized spacial score (nSPS) is 12.4. The Morgan fingerprint density at radius 1 is 0.355 bits per heavy atom. The van der Waals surface area contributed by atoms with Gasteiger partial charge in [0.05, 0.1) is 6.61 Å². The maximum Gasteiger partial charge on any atom is 0.306 e. The van der Waals surface area contributed by atoms with Crippen LogP contribution in [0.3, 0.4) is 0 Å². The predicted molar refractivity (Wildman–Crippen MR) is 270 cm³/mol. The molecule has 0 aliphatic rings. The number of ether oxygens (including phenoxy) is 3. The number of hydrogen-bond acceptors (Lipinski definition) is 5. The summed E-state index contributed by atoms with van der Waals surface area (Å²) in [6, 6.07) is 0. The monoisotopic (exact) mass is 871 g/mol. The number of hydrogen-bond donors (Lipinski definition) is 0. The van der Waals surface area contributed by atoms with Crippen molar-refractivity contribution in [3.63, 3.8) is 0 Å². The van der Waals surface area contributed by atoms with Crippen molar-refractivity contribution >= 4 is 11.9 Å². The molecule has 5 nitrogen and oxygen atoms in total. The van der Waals surface area contributed by atoms with Gasteiger partial charge in [-0.25, -0.2) is 0 Å². The Morgan fingerprint density at radius 2 is 0.710 bits per heavy atom. The van der Waals surface area contributed by atoms with Gasteiger partial charge < -0.3 is 14.2 Å². The second-order valence-corrected chi connectivity index (χ2v) is 18.5. The Hall–Kier alpha value is -1.88. The summed E-state index contributed by atoms with van der Waals surface area (Å²) in [5.74, 6) is -0.397. The Morgan fingerprint density at radius 3 is 1.16 bits per heavy atom. The first-order valence-corrected chi connectivity index (χ1v) is 27.5. The fourth-order valence-corrected chi connectivity index (χ4v) is 8.01. The lowest BCUT2D eigenvalue weighted by molar-refractivity contribution is -0.163. The average molecular weight is 871 g/mol. The molecule has 1 unspecified atom stereocenters. The molecule has 0 aliphatic carbocycles. The predicted octanol–water partition coefficient (Wildman–Crippen LogP) is 18.6. The fourth-order valence-electron chi connectivity index (χ4n) is 8.01. The fraction of sp³-hybridized carbons (Fsp3) is 0.860. The van der Waals surface area contributed by atoms with E-state index in [2.05, 4.69) is 57.2 Å². The van der Waals surface area contributed by atoms with E-state index in [-0.39, 0.29) is 25.2 Å². The molecule has 0 aliphatic heterocycles. The topological polar surface area (TPSA) is 61.8 Å². The van der Waals surface area contributed by atoms with Crippen molar-refractivity contribution in [2.24, 2.45) is 0 Å². The van der Waals surface area contributed by atoms with E-state index in [1.54, 1.807) is 0 Å². The molecule has 0 N–H and O–H groups in total. The minimum absolute atomic E-state index is 0.0826. The van der Waals surface area contributed by atoms with Gasteiger partial charge in [0.2, 0.25) is 0 Å². The quantitative estimate of drug-likeness (QED) is 0.0346. The Labute approximate surface area is 387 Å². The molecule has 5 heteroatoms. The summed E-state index contributed by atoms with van der Waals surface area (Å²) in [5, 5.41) is 0. The summed E-state index contributed by atoms with van der Waals surface area (Å²) in [4.78, 5) is 25.4. The van der Waals surface area contributed by atoms with Gasteiger partial charge in [-0.3, -0.25) is 9.59 Å². The van der Waals surface area contributed by atoms with Crippen molar-refractivity contribution in [1.29, 1.82) is 0 Å². The molecule has 0 spiro atoms. The third-order valence-corrected chi connectivity index (χ3v) is 12.1. The number of rotatable bonds is 51. The van der Waals surface area contributed by atoms with E-state index in [1.165, 1.54) is 199 Å². The summed E-state index contributed by atoms with van der Waals surface area (Å²) < 4.78 is 17.4. The molecule has 364 valence electrons. The molecule has 1 atom stereocenters. The Balaban J connectivity index is 4.20. The number of esters is 2. The van der Waals surface area contributed by atoms with E-state index in [0.29, 0.717) is 19.4 Å². The van der Waals surface area contributed by atoms with Gasteiger partial charge in [-0.05, 0) is 70.6 Å². The van der Waals surface area contributed by atoms with Gasteiger partial charge in [0.15, 0.2) is 6.10 Å². The summed E-state index contributed by atoms with van der Waals surface area (Å²) in [6.45, 7) is 7.77. The summed E-state index contributed by atoms with van der Waals surface area (Å²) in [6.07, 6.45) is 64.4. The Kier molecular flexibility index (Phi) is 51.8. The van der Waals surface area contributed by atoms with Crippen LogP contribution < -0.4 is 0 Å². The summed E-state index contributed by atoms with van der Waals surface area (Å²) >= 11 is 0. The molecular formula is C57H106O5. The van der Waals surface area contributed by atoms with Crippen molar-refractivity contribution in [3.8, 4) is 0 Å². The molecule has 0 heterocycles. The zero-order valence-electron chi connectivity index (χ0n) is 41.9. The van der Waals surface area contributed by atoms with Gasteiger partial charge in [-0.15, -0.1) is 0 Å². The lowest BCUT2D eigenvalue weighted by Crippen LogP contribution is -2.30. The molecule has 0 fully saturated rings. The minimum Gasteiger partial charge on any atom is -0.462 e. The number of carbonyl (C=O) groups excluding carboxylic acids is 2. The maximum absolute atomic E-state index is 12.8. The van der Waals surface area contributed by atoms with Crippen LogP contribution in [-0.4, -0.2) is 37.9 Å². The number of unbranched alkanes of at least 4 members (excludes halogenated alkanes) is 34. The molecule has 0 amide bonds. The second-order valence-electron chi connectivity index (χ2n) is 18.5. The van der Waals surface area contributed by atoms with E-state index in [0.717, 1.165) is 57.8 Å². The molecule has 0 radical (unpaired) electrons. The van der Waals surface area contributed by atoms with Crippen molar-refractivity contribution < 1.29 is 23.8 Å². The molecule has 0 aromatic carbocycles. The average Bonchev–Trinajstić information content (AvgIpc) is 3.27. The van der Waals surface area contributed by atoms with Gasteiger partial charge >= 0.3 is 11.9 Å². The van der Waals surface area contributed by atoms with Crippen LogP contribution in [0.5, 0.6) is 0 Å². The first kappa shape index (κ1) is 60.1. The van der Waals surface area contributed by atoms with Gasteiger partial charge in [-0.1, -0.05) is 243 Å². The molecule has 0 saturated heterocycles. The molecular weight excluding hydrogens is 765 g/mol. The van der Waals surface area contributed by atoms with Crippen molar-refractivity contribution in [3.05, 3.63) is 36.5 Å². The van der Waals surface area contributed by atoms with Crippen LogP contribution in [0.2, 0.25) is 0 Å². The van der Waals surface area contributed by atoms with Gasteiger partial charge in [0, 0.05) is 19.4 Å². The summed E-state index contributed by atoms with van der Waals surface area (Å²) in [7, 11) is 0. The summed E-state index contributed by atoms with van der Waals surface area (Å²) in [5.41, 5.74) is 0. The van der Waals surface area contributed by atoms with E-state index in [1.807, 2.05) is 0 Å². The van der Waals surface area contributed by atoms with E-state index < -0.39 is 6.10 Å². The highest BCUT2D eigenvalue weighted by molar-refractivity contribution is 5.70.